The summed E-state index contributed by atoms with van der Waals surface area (Å²) < 4.78 is 31.2. The lowest BCUT2D eigenvalue weighted by Gasteiger charge is -2.19. The highest BCUT2D eigenvalue weighted by molar-refractivity contribution is 7.99. The Labute approximate surface area is 188 Å². The van der Waals surface area contributed by atoms with Crippen molar-refractivity contribution in [2.24, 2.45) is 0 Å². The number of hydrogen-bond acceptors (Lipinski definition) is 5. The van der Waals surface area contributed by atoms with Gasteiger partial charge in [0, 0.05) is 24.8 Å². The maximum atomic E-state index is 13.0. The average Bonchev–Trinajstić information content (AvgIpc) is 3.00. The van der Waals surface area contributed by atoms with Crippen LogP contribution in [0.1, 0.15) is 48.7 Å². The molecule has 3 aromatic rings. The van der Waals surface area contributed by atoms with Crippen molar-refractivity contribution >= 4 is 21.8 Å². The number of aryl methyl sites for hydroxylation is 2. The molecule has 0 bridgehead atoms. The van der Waals surface area contributed by atoms with E-state index in [1.807, 2.05) is 49.4 Å². The first-order chi connectivity index (χ1) is 15.0. The van der Waals surface area contributed by atoms with Crippen LogP contribution in [0, 0.1) is 6.92 Å². The molecule has 0 saturated carbocycles. The Morgan fingerprint density at radius 3 is 2.58 bits per heavy atom. The van der Waals surface area contributed by atoms with Crippen LogP contribution in [0.15, 0.2) is 64.6 Å². The van der Waals surface area contributed by atoms with Gasteiger partial charge in [-0.2, -0.15) is 0 Å². The van der Waals surface area contributed by atoms with Crippen molar-refractivity contribution in [2.75, 3.05) is 5.75 Å². The quantitative estimate of drug-likeness (QED) is 0.505. The average molecular weight is 457 g/mol. The predicted molar refractivity (Wildman–Crippen MR) is 124 cm³/mol. The van der Waals surface area contributed by atoms with Gasteiger partial charge in [0.05, 0.1) is 4.90 Å². The highest BCUT2D eigenvalue weighted by Crippen LogP contribution is 2.27. The number of nitrogens with zero attached hydrogens (tertiary/aromatic N) is 3. The zero-order valence-corrected chi connectivity index (χ0v) is 19.3. The molecular weight excluding hydrogens is 428 g/mol. The van der Waals surface area contributed by atoms with Gasteiger partial charge in [-0.05, 0) is 43.9 Å². The normalized spacial score (nSPS) is 15.3. The zero-order chi connectivity index (χ0) is 21.7. The number of nitrogens with one attached hydrogen (secondary N) is 1. The highest BCUT2D eigenvalue weighted by Gasteiger charge is 2.22. The molecule has 31 heavy (non-hydrogen) atoms. The van der Waals surface area contributed by atoms with Crippen LogP contribution in [-0.4, -0.2) is 28.9 Å². The van der Waals surface area contributed by atoms with Crippen LogP contribution in [0.5, 0.6) is 0 Å². The fourth-order valence-electron chi connectivity index (χ4n) is 3.78. The highest BCUT2D eigenvalue weighted by atomic mass is 32.2. The molecule has 1 aliphatic heterocycles. The minimum absolute atomic E-state index is 0.287. The van der Waals surface area contributed by atoms with Crippen LogP contribution in [0.25, 0.3) is 0 Å². The number of hydrogen-bond donors (Lipinski definition) is 1. The van der Waals surface area contributed by atoms with Gasteiger partial charge in [0.1, 0.15) is 5.82 Å². The number of thioether (sulfide) groups is 1. The molecule has 1 aromatic heterocycles. The van der Waals surface area contributed by atoms with E-state index in [1.54, 1.807) is 23.9 Å². The van der Waals surface area contributed by atoms with Crippen molar-refractivity contribution in [3.8, 4) is 0 Å². The molecule has 0 fully saturated rings. The number of fused-ring (bicyclic) bond motifs is 1. The molecule has 0 saturated heterocycles. The molecule has 0 spiro atoms. The van der Waals surface area contributed by atoms with Crippen molar-refractivity contribution < 1.29 is 8.42 Å². The monoisotopic (exact) mass is 456 g/mol. The molecule has 6 nitrogen and oxygen atoms in total. The number of sulfonamides is 1. The SMILES string of the molecule is Cc1ccc(S(=O)(=O)N[C@@H](CCSc2nnc3n2CCCCC3)c2ccccc2)cc1. The second-order valence-electron chi connectivity index (χ2n) is 7.90. The summed E-state index contributed by atoms with van der Waals surface area (Å²) in [5.74, 6) is 1.81. The van der Waals surface area contributed by atoms with Crippen LogP contribution in [0.3, 0.4) is 0 Å². The van der Waals surface area contributed by atoms with Gasteiger partial charge in [0.25, 0.3) is 0 Å². The molecule has 0 aliphatic carbocycles. The van der Waals surface area contributed by atoms with E-state index in [0.717, 1.165) is 47.2 Å². The van der Waals surface area contributed by atoms with Gasteiger partial charge in [0.15, 0.2) is 5.16 Å². The summed E-state index contributed by atoms with van der Waals surface area (Å²) in [6.45, 7) is 2.91. The lowest BCUT2D eigenvalue weighted by Crippen LogP contribution is -2.29. The number of aromatic nitrogens is 3. The molecular formula is C23H28N4O2S2. The largest absolute Gasteiger partial charge is 0.306 e. The standard InChI is InChI=1S/C23H28N4O2S2/c1-18-11-13-20(14-12-18)31(28,29)26-21(19-8-4-2-5-9-19)15-17-30-23-25-24-22-10-6-3-7-16-27(22)23/h2,4-5,8-9,11-14,21,26H,3,6-7,10,15-17H2,1H3/t21-/m0/s1. The first-order valence-corrected chi connectivity index (χ1v) is 13.2. The molecule has 1 atom stereocenters. The van der Waals surface area contributed by atoms with Gasteiger partial charge in [0.2, 0.25) is 10.0 Å². The third-order valence-electron chi connectivity index (χ3n) is 5.54. The summed E-state index contributed by atoms with van der Waals surface area (Å²) in [6, 6.07) is 16.4. The van der Waals surface area contributed by atoms with Gasteiger partial charge in [-0.3, -0.25) is 0 Å². The molecule has 8 heteroatoms. The van der Waals surface area contributed by atoms with Gasteiger partial charge >= 0.3 is 0 Å². The summed E-state index contributed by atoms with van der Waals surface area (Å²) in [6.07, 6.45) is 5.18. The smallest absolute Gasteiger partial charge is 0.241 e. The Morgan fingerprint density at radius 1 is 1.03 bits per heavy atom. The van der Waals surface area contributed by atoms with Crippen LogP contribution in [-0.2, 0) is 23.0 Å². The second kappa shape index (κ2) is 9.97. The summed E-state index contributed by atoms with van der Waals surface area (Å²) >= 11 is 1.65. The zero-order valence-electron chi connectivity index (χ0n) is 17.7. The van der Waals surface area contributed by atoms with Crippen molar-refractivity contribution in [3.05, 3.63) is 71.5 Å². The minimum Gasteiger partial charge on any atom is -0.306 e. The lowest BCUT2D eigenvalue weighted by atomic mass is 10.1. The van der Waals surface area contributed by atoms with Crippen molar-refractivity contribution in [1.29, 1.82) is 0 Å². The van der Waals surface area contributed by atoms with E-state index in [1.165, 1.54) is 12.8 Å². The Balaban J connectivity index is 1.47. The van der Waals surface area contributed by atoms with E-state index in [9.17, 15) is 8.42 Å². The summed E-state index contributed by atoms with van der Waals surface area (Å²) in [7, 11) is -3.62. The van der Waals surface area contributed by atoms with Crippen LogP contribution in [0.2, 0.25) is 0 Å². The Hall–Kier alpha value is -2.16. The Bertz CT molecular complexity index is 1100. The van der Waals surface area contributed by atoms with Crippen molar-refractivity contribution in [1.82, 2.24) is 19.5 Å². The molecule has 0 amide bonds. The maximum absolute atomic E-state index is 13.0. The summed E-state index contributed by atoms with van der Waals surface area (Å²) in [5, 5.41) is 9.67. The third kappa shape index (κ3) is 5.56. The van der Waals surface area contributed by atoms with Gasteiger partial charge in [-0.15, -0.1) is 10.2 Å². The lowest BCUT2D eigenvalue weighted by molar-refractivity contribution is 0.551. The summed E-state index contributed by atoms with van der Waals surface area (Å²) in [4.78, 5) is 0.287. The third-order valence-corrected chi connectivity index (χ3v) is 8.03. The second-order valence-corrected chi connectivity index (χ2v) is 10.7. The van der Waals surface area contributed by atoms with E-state index < -0.39 is 10.0 Å². The molecule has 1 aliphatic rings. The van der Waals surface area contributed by atoms with Gasteiger partial charge < -0.3 is 4.57 Å². The van der Waals surface area contributed by atoms with E-state index in [2.05, 4.69) is 19.5 Å². The van der Waals surface area contributed by atoms with Gasteiger partial charge in [-0.1, -0.05) is 66.2 Å². The topological polar surface area (TPSA) is 76.9 Å². The maximum Gasteiger partial charge on any atom is 0.241 e. The first kappa shape index (κ1) is 22.0. The van der Waals surface area contributed by atoms with Crippen molar-refractivity contribution in [3.63, 3.8) is 0 Å². The van der Waals surface area contributed by atoms with Crippen LogP contribution in [0.4, 0.5) is 0 Å². The predicted octanol–water partition coefficient (Wildman–Crippen LogP) is 4.51. The summed E-state index contributed by atoms with van der Waals surface area (Å²) in [5.41, 5.74) is 1.99. The number of rotatable bonds is 8. The van der Waals surface area contributed by atoms with Crippen LogP contribution < -0.4 is 4.72 Å². The molecule has 0 unspecified atom stereocenters. The number of benzene rings is 2. The van der Waals surface area contributed by atoms with Crippen LogP contribution >= 0.6 is 11.8 Å². The fraction of sp³-hybridized carbons (Fsp3) is 0.391. The molecule has 2 heterocycles. The van der Waals surface area contributed by atoms with E-state index in [4.69, 9.17) is 0 Å². The molecule has 2 aromatic carbocycles. The van der Waals surface area contributed by atoms with E-state index >= 15 is 0 Å². The van der Waals surface area contributed by atoms with E-state index in [0.29, 0.717) is 6.42 Å². The molecule has 1 N–H and O–H groups in total. The molecule has 0 radical (unpaired) electrons. The van der Waals surface area contributed by atoms with Crippen molar-refractivity contribution in [2.45, 2.75) is 61.7 Å². The van der Waals surface area contributed by atoms with Gasteiger partial charge in [-0.25, -0.2) is 13.1 Å². The fourth-order valence-corrected chi connectivity index (χ4v) is 6.03. The Kier molecular flexibility index (Phi) is 7.09. The first-order valence-electron chi connectivity index (χ1n) is 10.7. The minimum atomic E-state index is -3.62. The Morgan fingerprint density at radius 2 is 1.81 bits per heavy atom. The molecule has 164 valence electrons. The molecule has 4 rings (SSSR count). The van der Waals surface area contributed by atoms with E-state index in [-0.39, 0.29) is 10.9 Å².